The largest absolute Gasteiger partial charge is 0.496 e. The molecular formula is C20H21N3O3. The fourth-order valence-electron chi connectivity index (χ4n) is 2.82. The lowest BCUT2D eigenvalue weighted by Gasteiger charge is -2.23. The second-order valence-electron chi connectivity index (χ2n) is 5.78. The highest BCUT2D eigenvalue weighted by Gasteiger charge is 2.18. The number of carbonyl (C=O) groups excluding carboxylic acids is 1. The average Bonchev–Trinajstić information content (AvgIpc) is 3.22. The summed E-state index contributed by atoms with van der Waals surface area (Å²) in [4.78, 5) is 21.9. The van der Waals surface area contributed by atoms with Crippen molar-refractivity contribution in [1.29, 1.82) is 0 Å². The van der Waals surface area contributed by atoms with Crippen LogP contribution in [-0.4, -0.2) is 46.1 Å². The summed E-state index contributed by atoms with van der Waals surface area (Å²) in [5, 5.41) is 9.40. The zero-order chi connectivity index (χ0) is 18.4. The van der Waals surface area contributed by atoms with Crippen molar-refractivity contribution in [1.82, 2.24) is 14.9 Å². The van der Waals surface area contributed by atoms with E-state index in [1.807, 2.05) is 36.4 Å². The molecule has 2 aromatic carbocycles. The number of amides is 1. The van der Waals surface area contributed by atoms with E-state index in [2.05, 4.69) is 9.97 Å². The molecule has 1 aromatic heterocycles. The van der Waals surface area contributed by atoms with Crippen LogP contribution in [0.3, 0.4) is 0 Å². The second kappa shape index (κ2) is 8.31. The van der Waals surface area contributed by atoms with Crippen molar-refractivity contribution in [2.24, 2.45) is 0 Å². The van der Waals surface area contributed by atoms with Gasteiger partial charge in [-0.15, -0.1) is 0 Å². The van der Waals surface area contributed by atoms with Crippen LogP contribution in [0.4, 0.5) is 0 Å². The molecular weight excluding hydrogens is 330 g/mol. The minimum atomic E-state index is -0.154. The van der Waals surface area contributed by atoms with Crippen LogP contribution in [-0.2, 0) is 6.54 Å². The van der Waals surface area contributed by atoms with Gasteiger partial charge < -0.3 is 19.7 Å². The lowest BCUT2D eigenvalue weighted by molar-refractivity contribution is 0.0706. The summed E-state index contributed by atoms with van der Waals surface area (Å²) >= 11 is 0. The smallest absolute Gasteiger partial charge is 0.254 e. The molecule has 0 aliphatic rings. The maximum atomic E-state index is 13.0. The van der Waals surface area contributed by atoms with Crippen LogP contribution in [0.25, 0.3) is 11.4 Å². The topological polar surface area (TPSA) is 78.5 Å². The van der Waals surface area contributed by atoms with Gasteiger partial charge in [-0.2, -0.15) is 0 Å². The van der Waals surface area contributed by atoms with Gasteiger partial charge in [0.25, 0.3) is 5.91 Å². The van der Waals surface area contributed by atoms with Crippen LogP contribution in [0, 0.1) is 0 Å². The third-order valence-electron chi connectivity index (χ3n) is 4.09. The summed E-state index contributed by atoms with van der Waals surface area (Å²) in [6, 6.07) is 14.8. The van der Waals surface area contributed by atoms with E-state index in [-0.39, 0.29) is 19.1 Å². The van der Waals surface area contributed by atoms with Gasteiger partial charge in [-0.3, -0.25) is 4.79 Å². The molecule has 2 N–H and O–H groups in total. The van der Waals surface area contributed by atoms with E-state index >= 15 is 0 Å². The van der Waals surface area contributed by atoms with Gasteiger partial charge in [0, 0.05) is 42.2 Å². The Hall–Kier alpha value is -3.12. The van der Waals surface area contributed by atoms with Crippen LogP contribution in [0.5, 0.6) is 5.75 Å². The maximum Gasteiger partial charge on any atom is 0.254 e. The molecule has 0 bridgehead atoms. The molecule has 0 aliphatic carbocycles. The Morgan fingerprint density at radius 1 is 1.23 bits per heavy atom. The number of carbonyl (C=O) groups is 1. The number of hydrogen-bond donors (Lipinski definition) is 2. The zero-order valence-electron chi connectivity index (χ0n) is 14.6. The van der Waals surface area contributed by atoms with Gasteiger partial charge in [-0.25, -0.2) is 4.98 Å². The van der Waals surface area contributed by atoms with Crippen LogP contribution >= 0.6 is 0 Å². The fourth-order valence-corrected chi connectivity index (χ4v) is 2.82. The lowest BCUT2D eigenvalue weighted by Crippen LogP contribution is -2.33. The number of aromatic nitrogens is 2. The second-order valence-corrected chi connectivity index (χ2v) is 5.78. The van der Waals surface area contributed by atoms with Crippen molar-refractivity contribution in [2.45, 2.75) is 6.54 Å². The summed E-state index contributed by atoms with van der Waals surface area (Å²) in [7, 11) is 1.60. The zero-order valence-corrected chi connectivity index (χ0v) is 14.6. The summed E-state index contributed by atoms with van der Waals surface area (Å²) in [6.07, 6.45) is 3.41. The number of benzene rings is 2. The van der Waals surface area contributed by atoms with E-state index in [4.69, 9.17) is 4.74 Å². The van der Waals surface area contributed by atoms with E-state index < -0.39 is 0 Å². The van der Waals surface area contributed by atoms with Gasteiger partial charge in [0.05, 0.1) is 13.7 Å². The number of imidazole rings is 1. The third-order valence-corrected chi connectivity index (χ3v) is 4.09. The Morgan fingerprint density at radius 2 is 2.08 bits per heavy atom. The number of para-hydroxylation sites is 1. The average molecular weight is 351 g/mol. The van der Waals surface area contributed by atoms with Gasteiger partial charge in [-0.05, 0) is 18.2 Å². The highest BCUT2D eigenvalue weighted by molar-refractivity contribution is 5.95. The van der Waals surface area contributed by atoms with Crippen LogP contribution in [0.1, 0.15) is 15.9 Å². The van der Waals surface area contributed by atoms with Crippen molar-refractivity contribution in [3.8, 4) is 17.1 Å². The standard InChI is InChI=1S/C20H21N3O3/c1-26-18-8-3-2-5-17(18)14-23(11-12-24)20(25)16-7-4-6-15(13-16)19-21-9-10-22-19/h2-10,13,24H,11-12,14H2,1H3,(H,21,22). The molecule has 1 heterocycles. The number of aliphatic hydroxyl groups excluding tert-OH is 1. The molecule has 3 rings (SSSR count). The molecule has 1 amide bonds. The number of H-pyrrole nitrogens is 1. The number of nitrogens with zero attached hydrogens (tertiary/aromatic N) is 2. The number of hydrogen-bond acceptors (Lipinski definition) is 4. The molecule has 0 atom stereocenters. The molecule has 6 nitrogen and oxygen atoms in total. The molecule has 6 heteroatoms. The van der Waals surface area contributed by atoms with E-state index in [1.165, 1.54) is 0 Å². The summed E-state index contributed by atoms with van der Waals surface area (Å²) in [6.45, 7) is 0.481. The molecule has 0 aliphatic heterocycles. The Kier molecular flexibility index (Phi) is 5.66. The molecule has 0 saturated heterocycles. The van der Waals surface area contributed by atoms with Gasteiger partial charge in [0.15, 0.2) is 0 Å². The normalized spacial score (nSPS) is 10.5. The van der Waals surface area contributed by atoms with Gasteiger partial charge in [-0.1, -0.05) is 30.3 Å². The number of aromatic amines is 1. The van der Waals surface area contributed by atoms with Crippen LogP contribution < -0.4 is 4.74 Å². The van der Waals surface area contributed by atoms with Crippen LogP contribution in [0.2, 0.25) is 0 Å². The third kappa shape index (κ3) is 3.92. The predicted molar refractivity (Wildman–Crippen MR) is 98.8 cm³/mol. The van der Waals surface area contributed by atoms with Crippen LogP contribution in [0.15, 0.2) is 60.9 Å². The first-order chi connectivity index (χ1) is 12.7. The monoisotopic (exact) mass is 351 g/mol. The number of ether oxygens (including phenoxy) is 1. The highest BCUT2D eigenvalue weighted by Crippen LogP contribution is 2.22. The van der Waals surface area contributed by atoms with Gasteiger partial charge in [0.2, 0.25) is 0 Å². The van der Waals surface area contributed by atoms with Gasteiger partial charge >= 0.3 is 0 Å². The summed E-state index contributed by atoms with van der Waals surface area (Å²) in [5.41, 5.74) is 2.27. The molecule has 0 spiro atoms. The molecule has 0 radical (unpaired) electrons. The van der Waals surface area contributed by atoms with Crippen molar-refractivity contribution < 1.29 is 14.6 Å². The first kappa shape index (κ1) is 17.7. The van der Waals surface area contributed by atoms with Crippen molar-refractivity contribution in [3.63, 3.8) is 0 Å². The summed E-state index contributed by atoms with van der Waals surface area (Å²) in [5.74, 6) is 1.27. The highest BCUT2D eigenvalue weighted by atomic mass is 16.5. The predicted octanol–water partition coefficient (Wildman–Crippen LogP) is 2.72. The first-order valence-electron chi connectivity index (χ1n) is 8.34. The molecule has 0 unspecified atom stereocenters. The maximum absolute atomic E-state index is 13.0. The van der Waals surface area contributed by atoms with E-state index in [1.54, 1.807) is 36.5 Å². The molecule has 134 valence electrons. The Labute approximate surface area is 152 Å². The van der Waals surface area contributed by atoms with Crippen molar-refractivity contribution in [3.05, 3.63) is 72.1 Å². The Morgan fingerprint density at radius 3 is 2.81 bits per heavy atom. The van der Waals surface area contributed by atoms with E-state index in [9.17, 15) is 9.90 Å². The molecule has 26 heavy (non-hydrogen) atoms. The molecule has 0 saturated carbocycles. The first-order valence-corrected chi connectivity index (χ1v) is 8.34. The minimum Gasteiger partial charge on any atom is -0.496 e. The van der Waals surface area contributed by atoms with Crippen molar-refractivity contribution >= 4 is 5.91 Å². The fraction of sp³-hybridized carbons (Fsp3) is 0.200. The Bertz CT molecular complexity index is 862. The molecule has 0 fully saturated rings. The Balaban J connectivity index is 1.86. The quantitative estimate of drug-likeness (QED) is 0.686. The number of methoxy groups -OCH3 is 1. The van der Waals surface area contributed by atoms with Crippen molar-refractivity contribution in [2.75, 3.05) is 20.3 Å². The number of nitrogens with one attached hydrogen (secondary N) is 1. The lowest BCUT2D eigenvalue weighted by atomic mass is 10.1. The molecule has 3 aromatic rings. The summed E-state index contributed by atoms with van der Waals surface area (Å²) < 4.78 is 5.37. The SMILES string of the molecule is COc1ccccc1CN(CCO)C(=O)c1cccc(-c2ncc[nH]2)c1. The minimum absolute atomic E-state index is 0.112. The van der Waals surface area contributed by atoms with Gasteiger partial charge in [0.1, 0.15) is 11.6 Å². The van der Waals surface area contributed by atoms with E-state index in [0.29, 0.717) is 23.7 Å². The van der Waals surface area contributed by atoms with E-state index in [0.717, 1.165) is 11.1 Å². The number of aliphatic hydroxyl groups is 1. The number of rotatable bonds is 7.